The molecule has 0 spiro atoms. The summed E-state index contributed by atoms with van der Waals surface area (Å²) in [7, 11) is 0. The van der Waals surface area contributed by atoms with Crippen molar-refractivity contribution in [2.75, 3.05) is 0 Å². The summed E-state index contributed by atoms with van der Waals surface area (Å²) in [4.78, 5) is 10.6. The highest BCUT2D eigenvalue weighted by atomic mass is 16.4. The number of fused-ring (bicyclic) bond motifs is 1. The molecule has 0 bridgehead atoms. The largest absolute Gasteiger partial charge is 0.481 e. The zero-order valence-electron chi connectivity index (χ0n) is 6.36. The van der Waals surface area contributed by atoms with Gasteiger partial charge in [-0.25, -0.2) is 0 Å². The first kappa shape index (κ1) is 7.10. The van der Waals surface area contributed by atoms with Gasteiger partial charge in [-0.1, -0.05) is 6.42 Å². The number of hydrogen-bond acceptors (Lipinski definition) is 2. The molecule has 62 valence electrons. The van der Waals surface area contributed by atoms with Crippen LogP contribution in [0.1, 0.15) is 19.3 Å². The van der Waals surface area contributed by atoms with E-state index in [0.717, 1.165) is 19.3 Å². The van der Waals surface area contributed by atoms with E-state index in [1.54, 1.807) is 0 Å². The Hall–Kier alpha value is -0.570. The quantitative estimate of drug-likeness (QED) is 0.577. The van der Waals surface area contributed by atoms with Gasteiger partial charge in [0, 0.05) is 6.04 Å². The Morgan fingerprint density at radius 1 is 1.45 bits per heavy atom. The lowest BCUT2D eigenvalue weighted by molar-refractivity contribution is -0.139. The van der Waals surface area contributed by atoms with Crippen molar-refractivity contribution in [3.05, 3.63) is 0 Å². The fourth-order valence-electron chi connectivity index (χ4n) is 2.49. The molecule has 2 saturated carbocycles. The van der Waals surface area contributed by atoms with Crippen molar-refractivity contribution in [3.63, 3.8) is 0 Å². The van der Waals surface area contributed by atoms with E-state index in [2.05, 4.69) is 0 Å². The third-order valence-electron chi connectivity index (χ3n) is 3.08. The van der Waals surface area contributed by atoms with Crippen LogP contribution in [-0.2, 0) is 4.79 Å². The molecule has 2 rings (SSSR count). The molecular weight excluding hydrogens is 142 g/mol. The Labute approximate surface area is 65.6 Å². The molecule has 3 N–H and O–H groups in total. The highest BCUT2D eigenvalue weighted by Crippen LogP contribution is 2.54. The second kappa shape index (κ2) is 2.21. The van der Waals surface area contributed by atoms with Crippen molar-refractivity contribution >= 4 is 5.97 Å². The monoisotopic (exact) mass is 155 g/mol. The van der Waals surface area contributed by atoms with Crippen LogP contribution in [-0.4, -0.2) is 17.1 Å². The number of carboxylic acid groups (broad SMARTS) is 1. The normalized spacial score (nSPS) is 48.1. The molecule has 4 atom stereocenters. The Kier molecular flexibility index (Phi) is 1.42. The fourth-order valence-corrected chi connectivity index (χ4v) is 2.49. The summed E-state index contributed by atoms with van der Waals surface area (Å²) < 4.78 is 0. The summed E-state index contributed by atoms with van der Waals surface area (Å²) in [5, 5.41) is 8.75. The topological polar surface area (TPSA) is 63.3 Å². The van der Waals surface area contributed by atoms with Crippen LogP contribution in [0, 0.1) is 17.8 Å². The standard InChI is InChI=1S/C8H13NO2/c9-5-3-1-2-4-6(5)7(4)8(10)11/h4-7H,1-3,9H2,(H,10,11). The molecule has 0 aromatic rings. The summed E-state index contributed by atoms with van der Waals surface area (Å²) in [5.41, 5.74) is 5.78. The van der Waals surface area contributed by atoms with Crippen LogP contribution in [0.2, 0.25) is 0 Å². The van der Waals surface area contributed by atoms with E-state index in [4.69, 9.17) is 10.8 Å². The van der Waals surface area contributed by atoms with Crippen LogP contribution >= 0.6 is 0 Å². The van der Waals surface area contributed by atoms with E-state index in [-0.39, 0.29) is 12.0 Å². The first-order valence-electron chi connectivity index (χ1n) is 4.20. The number of carbonyl (C=O) groups is 1. The van der Waals surface area contributed by atoms with Gasteiger partial charge in [0.2, 0.25) is 0 Å². The minimum Gasteiger partial charge on any atom is -0.481 e. The molecule has 0 saturated heterocycles. The molecule has 0 amide bonds. The Morgan fingerprint density at radius 3 is 2.73 bits per heavy atom. The van der Waals surface area contributed by atoms with Crippen LogP contribution < -0.4 is 5.73 Å². The van der Waals surface area contributed by atoms with E-state index in [1.807, 2.05) is 0 Å². The highest BCUT2D eigenvalue weighted by Gasteiger charge is 2.58. The summed E-state index contributed by atoms with van der Waals surface area (Å²) in [5.74, 6) is -0.0256. The van der Waals surface area contributed by atoms with Crippen LogP contribution in [0.3, 0.4) is 0 Å². The zero-order valence-corrected chi connectivity index (χ0v) is 6.36. The van der Waals surface area contributed by atoms with Gasteiger partial charge in [0.05, 0.1) is 5.92 Å². The molecule has 2 fully saturated rings. The number of hydrogen-bond donors (Lipinski definition) is 2. The van der Waals surface area contributed by atoms with E-state index in [1.165, 1.54) is 0 Å². The van der Waals surface area contributed by atoms with Crippen molar-refractivity contribution < 1.29 is 9.90 Å². The Bertz CT molecular complexity index is 193. The van der Waals surface area contributed by atoms with Gasteiger partial charge in [0.25, 0.3) is 0 Å². The molecule has 0 aromatic heterocycles. The highest BCUT2D eigenvalue weighted by molar-refractivity contribution is 5.74. The first-order chi connectivity index (χ1) is 5.22. The Morgan fingerprint density at radius 2 is 2.18 bits per heavy atom. The Balaban J connectivity index is 2.05. The average molecular weight is 155 g/mol. The van der Waals surface area contributed by atoms with E-state index in [0.29, 0.717) is 11.8 Å². The van der Waals surface area contributed by atoms with Gasteiger partial charge in [0.1, 0.15) is 0 Å². The maximum Gasteiger partial charge on any atom is 0.307 e. The number of carboxylic acids is 1. The molecule has 0 radical (unpaired) electrons. The van der Waals surface area contributed by atoms with Crippen LogP contribution in [0.5, 0.6) is 0 Å². The first-order valence-corrected chi connectivity index (χ1v) is 4.20. The lowest BCUT2D eigenvalue weighted by Crippen LogP contribution is -2.26. The van der Waals surface area contributed by atoms with Gasteiger partial charge >= 0.3 is 5.97 Å². The number of nitrogens with two attached hydrogens (primary N) is 1. The average Bonchev–Trinajstić information content (AvgIpc) is 2.62. The predicted octanol–water partition coefficient (Wildman–Crippen LogP) is 0.444. The van der Waals surface area contributed by atoms with Gasteiger partial charge in [-0.2, -0.15) is 0 Å². The van der Waals surface area contributed by atoms with Crippen LogP contribution in [0.25, 0.3) is 0 Å². The summed E-state index contributed by atoms with van der Waals surface area (Å²) in [6, 6.07) is 0.162. The lowest BCUT2D eigenvalue weighted by atomic mass is 9.96. The van der Waals surface area contributed by atoms with Crippen molar-refractivity contribution in [3.8, 4) is 0 Å². The molecule has 0 aliphatic heterocycles. The maximum atomic E-state index is 10.6. The minimum atomic E-state index is -0.641. The molecule has 4 unspecified atom stereocenters. The summed E-state index contributed by atoms with van der Waals surface area (Å²) in [6.07, 6.45) is 3.21. The number of rotatable bonds is 1. The SMILES string of the molecule is NC1CCCC2C(C(=O)O)C12. The molecule has 11 heavy (non-hydrogen) atoms. The molecule has 0 aromatic carbocycles. The molecule has 3 heteroatoms. The van der Waals surface area contributed by atoms with Gasteiger partial charge < -0.3 is 10.8 Å². The van der Waals surface area contributed by atoms with Crippen molar-refractivity contribution in [1.29, 1.82) is 0 Å². The summed E-state index contributed by atoms with van der Waals surface area (Å²) >= 11 is 0. The van der Waals surface area contributed by atoms with E-state index >= 15 is 0 Å². The number of aliphatic carboxylic acids is 1. The molecule has 3 nitrogen and oxygen atoms in total. The van der Waals surface area contributed by atoms with E-state index < -0.39 is 5.97 Å². The zero-order chi connectivity index (χ0) is 8.01. The minimum absolute atomic E-state index is 0.104. The molecule has 2 aliphatic rings. The van der Waals surface area contributed by atoms with Gasteiger partial charge in [-0.3, -0.25) is 4.79 Å². The van der Waals surface area contributed by atoms with Crippen molar-refractivity contribution in [2.24, 2.45) is 23.5 Å². The molecule has 0 heterocycles. The second-order valence-electron chi connectivity index (χ2n) is 3.70. The molecule has 2 aliphatic carbocycles. The van der Waals surface area contributed by atoms with Gasteiger partial charge in [0.15, 0.2) is 0 Å². The maximum absolute atomic E-state index is 10.6. The van der Waals surface area contributed by atoms with Crippen LogP contribution in [0.4, 0.5) is 0 Å². The van der Waals surface area contributed by atoms with Crippen molar-refractivity contribution in [1.82, 2.24) is 0 Å². The third kappa shape index (κ3) is 0.948. The predicted molar refractivity (Wildman–Crippen MR) is 39.9 cm³/mol. The van der Waals surface area contributed by atoms with Gasteiger partial charge in [-0.15, -0.1) is 0 Å². The summed E-state index contributed by atoms with van der Waals surface area (Å²) in [6.45, 7) is 0. The lowest BCUT2D eigenvalue weighted by Gasteiger charge is -2.15. The van der Waals surface area contributed by atoms with Crippen molar-refractivity contribution in [2.45, 2.75) is 25.3 Å². The fraction of sp³-hybridized carbons (Fsp3) is 0.875. The van der Waals surface area contributed by atoms with Gasteiger partial charge in [-0.05, 0) is 24.7 Å². The molecular formula is C8H13NO2. The smallest absolute Gasteiger partial charge is 0.307 e. The third-order valence-corrected chi connectivity index (χ3v) is 3.08. The van der Waals surface area contributed by atoms with E-state index in [9.17, 15) is 4.79 Å². The second-order valence-corrected chi connectivity index (χ2v) is 3.70. The van der Waals surface area contributed by atoms with Crippen LogP contribution in [0.15, 0.2) is 0 Å².